The molecule has 0 bridgehead atoms. The van der Waals surface area contributed by atoms with Crippen LogP contribution in [-0.4, -0.2) is 16.8 Å². The van der Waals surface area contributed by atoms with E-state index in [1.165, 1.54) is 38.5 Å². The van der Waals surface area contributed by atoms with Crippen molar-refractivity contribution in [2.24, 2.45) is 11.1 Å². The second-order valence-electron chi connectivity index (χ2n) is 5.87. The number of nitrogens with zero attached hydrogens (tertiary/aromatic N) is 1. The monoisotopic (exact) mass is 288 g/mol. The van der Waals surface area contributed by atoms with Crippen LogP contribution in [0.4, 0.5) is 5.69 Å². The molecule has 1 saturated carbocycles. The van der Waals surface area contributed by atoms with Gasteiger partial charge in [-0.05, 0) is 43.4 Å². The Kier molecular flexibility index (Phi) is 5.78. The molecule has 4 heteroatoms. The van der Waals surface area contributed by atoms with Crippen molar-refractivity contribution in [3.05, 3.63) is 29.8 Å². The third kappa shape index (κ3) is 4.88. The molecule has 1 aromatic rings. The number of nitrogens with one attached hydrogen (secondary N) is 1. The Labute approximate surface area is 126 Å². The van der Waals surface area contributed by atoms with Gasteiger partial charge in [-0.3, -0.25) is 4.79 Å². The fourth-order valence-corrected chi connectivity index (χ4v) is 2.89. The average molecular weight is 288 g/mol. The quantitative estimate of drug-likeness (QED) is 0.378. The molecule has 1 aliphatic rings. The highest BCUT2D eigenvalue weighted by Crippen LogP contribution is 2.25. The molecule has 1 aromatic carbocycles. The molecular formula is C17H24N2O2. The Balaban J connectivity index is 1.87. The van der Waals surface area contributed by atoms with E-state index in [0.717, 1.165) is 11.3 Å². The van der Waals surface area contributed by atoms with Crippen molar-refractivity contribution in [1.29, 1.82) is 0 Å². The molecule has 1 aliphatic carbocycles. The molecule has 2 rings (SSSR count). The van der Waals surface area contributed by atoms with Gasteiger partial charge in [-0.15, -0.1) is 0 Å². The van der Waals surface area contributed by atoms with Crippen LogP contribution in [0.2, 0.25) is 0 Å². The Morgan fingerprint density at radius 2 is 1.81 bits per heavy atom. The van der Waals surface area contributed by atoms with Gasteiger partial charge in [-0.1, -0.05) is 43.0 Å². The lowest BCUT2D eigenvalue weighted by Gasteiger charge is -2.13. The standard InChI is InChI=1S/C17H24N2O2/c1-13(19-21)15-8-10-16(11-9-15)18-17(20)12-14-6-4-2-3-5-7-14/h8-11,14,21H,2-7,12H2,1H3,(H,18,20)/b19-13-. The van der Waals surface area contributed by atoms with Crippen LogP contribution in [0.1, 0.15) is 57.4 Å². The minimum absolute atomic E-state index is 0.0993. The molecule has 0 aromatic heterocycles. The van der Waals surface area contributed by atoms with Crippen molar-refractivity contribution in [2.75, 3.05) is 5.32 Å². The van der Waals surface area contributed by atoms with Crippen LogP contribution in [0.3, 0.4) is 0 Å². The summed E-state index contributed by atoms with van der Waals surface area (Å²) in [4.78, 5) is 12.1. The number of rotatable bonds is 4. The minimum atomic E-state index is 0.0993. The molecule has 0 aliphatic heterocycles. The van der Waals surface area contributed by atoms with Crippen LogP contribution in [0.15, 0.2) is 29.4 Å². The largest absolute Gasteiger partial charge is 0.411 e. The summed E-state index contributed by atoms with van der Waals surface area (Å²) in [6, 6.07) is 7.37. The molecule has 1 fully saturated rings. The SMILES string of the molecule is C/C(=N/O)c1ccc(NC(=O)CC2CCCCCC2)cc1. The first-order valence-electron chi connectivity index (χ1n) is 7.78. The highest BCUT2D eigenvalue weighted by atomic mass is 16.4. The van der Waals surface area contributed by atoms with Crippen LogP contribution in [-0.2, 0) is 4.79 Å². The average Bonchev–Trinajstić information content (AvgIpc) is 2.75. The van der Waals surface area contributed by atoms with Gasteiger partial charge in [0.15, 0.2) is 0 Å². The Morgan fingerprint density at radius 3 is 2.38 bits per heavy atom. The van der Waals surface area contributed by atoms with Crippen molar-refractivity contribution >= 4 is 17.3 Å². The van der Waals surface area contributed by atoms with E-state index < -0.39 is 0 Å². The van der Waals surface area contributed by atoms with Crippen molar-refractivity contribution in [1.82, 2.24) is 0 Å². The maximum absolute atomic E-state index is 12.1. The molecule has 1 amide bonds. The normalized spacial score (nSPS) is 17.3. The van der Waals surface area contributed by atoms with Crippen molar-refractivity contribution in [2.45, 2.75) is 51.9 Å². The van der Waals surface area contributed by atoms with Gasteiger partial charge in [0, 0.05) is 12.1 Å². The number of benzene rings is 1. The van der Waals surface area contributed by atoms with Crippen LogP contribution >= 0.6 is 0 Å². The first-order valence-corrected chi connectivity index (χ1v) is 7.78. The third-order valence-corrected chi connectivity index (χ3v) is 4.19. The second kappa shape index (κ2) is 7.81. The van der Waals surface area contributed by atoms with Crippen LogP contribution in [0.25, 0.3) is 0 Å². The Bertz CT molecular complexity index is 486. The lowest BCUT2D eigenvalue weighted by molar-refractivity contribution is -0.117. The molecule has 21 heavy (non-hydrogen) atoms. The predicted molar refractivity (Wildman–Crippen MR) is 84.9 cm³/mol. The van der Waals surface area contributed by atoms with Gasteiger partial charge in [0.1, 0.15) is 0 Å². The number of carbonyl (C=O) groups excluding carboxylic acids is 1. The molecule has 114 valence electrons. The second-order valence-corrected chi connectivity index (χ2v) is 5.87. The zero-order valence-corrected chi connectivity index (χ0v) is 12.6. The molecule has 0 saturated heterocycles. The van der Waals surface area contributed by atoms with E-state index in [0.29, 0.717) is 18.1 Å². The van der Waals surface area contributed by atoms with Gasteiger partial charge in [-0.2, -0.15) is 0 Å². The number of hydrogen-bond donors (Lipinski definition) is 2. The number of amides is 1. The van der Waals surface area contributed by atoms with Crippen LogP contribution < -0.4 is 5.32 Å². The highest BCUT2D eigenvalue weighted by molar-refractivity contribution is 5.99. The lowest BCUT2D eigenvalue weighted by atomic mass is 9.96. The third-order valence-electron chi connectivity index (χ3n) is 4.19. The fraction of sp³-hybridized carbons (Fsp3) is 0.529. The molecule has 0 radical (unpaired) electrons. The molecule has 4 nitrogen and oxygen atoms in total. The van der Waals surface area contributed by atoms with Gasteiger partial charge < -0.3 is 10.5 Å². The minimum Gasteiger partial charge on any atom is -0.411 e. The van der Waals surface area contributed by atoms with Gasteiger partial charge in [0.05, 0.1) is 5.71 Å². The zero-order valence-electron chi connectivity index (χ0n) is 12.6. The molecule has 2 N–H and O–H groups in total. The summed E-state index contributed by atoms with van der Waals surface area (Å²) in [5, 5.41) is 14.8. The maximum atomic E-state index is 12.1. The fourth-order valence-electron chi connectivity index (χ4n) is 2.89. The molecule has 0 spiro atoms. The molecule has 0 unspecified atom stereocenters. The first kappa shape index (κ1) is 15.5. The summed E-state index contributed by atoms with van der Waals surface area (Å²) in [5.74, 6) is 0.637. The van der Waals surface area contributed by atoms with Crippen molar-refractivity contribution in [3.8, 4) is 0 Å². The van der Waals surface area contributed by atoms with E-state index in [9.17, 15) is 4.79 Å². The Hall–Kier alpha value is -1.84. The number of oxime groups is 1. The Morgan fingerprint density at radius 1 is 1.19 bits per heavy atom. The van der Waals surface area contributed by atoms with E-state index in [-0.39, 0.29) is 5.91 Å². The van der Waals surface area contributed by atoms with Gasteiger partial charge in [0.25, 0.3) is 0 Å². The van der Waals surface area contributed by atoms with Crippen LogP contribution in [0.5, 0.6) is 0 Å². The summed E-state index contributed by atoms with van der Waals surface area (Å²) in [7, 11) is 0. The van der Waals surface area contributed by atoms with Gasteiger partial charge >= 0.3 is 0 Å². The van der Waals surface area contributed by atoms with Gasteiger partial charge in [-0.25, -0.2) is 0 Å². The van der Waals surface area contributed by atoms with E-state index >= 15 is 0 Å². The summed E-state index contributed by atoms with van der Waals surface area (Å²) >= 11 is 0. The first-order chi connectivity index (χ1) is 10.2. The summed E-state index contributed by atoms with van der Waals surface area (Å²) in [6.45, 7) is 1.74. The maximum Gasteiger partial charge on any atom is 0.224 e. The highest BCUT2D eigenvalue weighted by Gasteiger charge is 2.16. The van der Waals surface area contributed by atoms with E-state index in [2.05, 4.69) is 10.5 Å². The molecular weight excluding hydrogens is 264 g/mol. The summed E-state index contributed by atoms with van der Waals surface area (Å²) < 4.78 is 0. The summed E-state index contributed by atoms with van der Waals surface area (Å²) in [5.41, 5.74) is 2.20. The van der Waals surface area contributed by atoms with Crippen LogP contribution in [0, 0.1) is 5.92 Å². The number of carbonyl (C=O) groups is 1. The van der Waals surface area contributed by atoms with Crippen molar-refractivity contribution in [3.63, 3.8) is 0 Å². The number of hydrogen-bond acceptors (Lipinski definition) is 3. The van der Waals surface area contributed by atoms with E-state index in [1.54, 1.807) is 6.92 Å². The smallest absolute Gasteiger partial charge is 0.224 e. The predicted octanol–water partition coefficient (Wildman–Crippen LogP) is 4.18. The zero-order chi connectivity index (χ0) is 15.1. The molecule has 0 atom stereocenters. The number of anilines is 1. The van der Waals surface area contributed by atoms with E-state index in [1.807, 2.05) is 24.3 Å². The lowest BCUT2D eigenvalue weighted by Crippen LogP contribution is -2.16. The molecule has 0 heterocycles. The topological polar surface area (TPSA) is 61.7 Å². The van der Waals surface area contributed by atoms with Crippen molar-refractivity contribution < 1.29 is 10.0 Å². The van der Waals surface area contributed by atoms with Gasteiger partial charge in [0.2, 0.25) is 5.91 Å². The van der Waals surface area contributed by atoms with E-state index in [4.69, 9.17) is 5.21 Å². The summed E-state index contributed by atoms with van der Waals surface area (Å²) in [6.07, 6.45) is 8.12.